The summed E-state index contributed by atoms with van der Waals surface area (Å²) in [4.78, 5) is 25.6. The maximum Gasteiger partial charge on any atom is 0.279 e. The Morgan fingerprint density at radius 3 is 1.16 bits per heavy atom. The smallest absolute Gasteiger partial charge is 0.279 e. The number of likely N-dealkylation sites (N-methyl/N-ethyl adjacent to an activating group) is 2. The first-order valence-electron chi connectivity index (χ1n) is 18.7. The lowest BCUT2D eigenvalue weighted by Gasteiger charge is -2.31. The van der Waals surface area contributed by atoms with Crippen molar-refractivity contribution in [3.05, 3.63) is 48.5 Å². The molecule has 286 valence electrons. The van der Waals surface area contributed by atoms with Gasteiger partial charge in [-0.3, -0.25) is 9.59 Å². The second-order valence-electron chi connectivity index (χ2n) is 14.7. The zero-order valence-corrected chi connectivity index (χ0v) is 35.2. The number of quaternary nitrogens is 2. The summed E-state index contributed by atoms with van der Waals surface area (Å²) >= 11 is 0. The summed E-state index contributed by atoms with van der Waals surface area (Å²) in [6.45, 7) is 8.51. The summed E-state index contributed by atoms with van der Waals surface area (Å²) in [6, 6.07) is 15.3. The van der Waals surface area contributed by atoms with Crippen LogP contribution in [0.5, 0.6) is 11.5 Å². The van der Waals surface area contributed by atoms with E-state index in [0.29, 0.717) is 22.1 Å². The van der Waals surface area contributed by atoms with Crippen LogP contribution < -0.4 is 54.1 Å². The molecular weight excluding hydrogens is 760 g/mol. The molecule has 50 heavy (non-hydrogen) atoms. The van der Waals surface area contributed by atoms with Crippen LogP contribution in [0.1, 0.15) is 104 Å². The van der Waals surface area contributed by atoms with E-state index in [2.05, 4.69) is 52.7 Å². The number of unbranched alkanes of at least 4 members (excludes halogenated alkanes) is 11. The number of benzene rings is 2. The average molecular weight is 829 g/mol. The van der Waals surface area contributed by atoms with Crippen molar-refractivity contribution >= 4 is 23.2 Å². The molecule has 0 fully saturated rings. The minimum atomic E-state index is 0. The van der Waals surface area contributed by atoms with E-state index in [1.54, 1.807) is 0 Å². The molecule has 8 nitrogen and oxygen atoms in total. The standard InChI is InChI=1S/C40H66N4O4.2BrH/c1-7-9-11-13-15-19-31-47-37-25-21-35(22-26-37)41-39(45)33-43(3,4)29-17-18-30-44(5,6)34-40(46)42-36-23-27-38(28-24-36)48-32-20-16-14-12-10-8-2;;/h21-28H,7-20,29-34H2,1-6H3;2*1H. The van der Waals surface area contributed by atoms with Crippen LogP contribution in [0.3, 0.4) is 0 Å². The van der Waals surface area contributed by atoms with Crippen molar-refractivity contribution in [2.24, 2.45) is 0 Å². The van der Waals surface area contributed by atoms with Crippen molar-refractivity contribution in [2.75, 3.05) is 78.2 Å². The van der Waals surface area contributed by atoms with E-state index in [-0.39, 0.29) is 45.8 Å². The highest BCUT2D eigenvalue weighted by molar-refractivity contribution is 5.92. The molecule has 0 spiro atoms. The summed E-state index contributed by atoms with van der Waals surface area (Å²) < 4.78 is 12.9. The fourth-order valence-electron chi connectivity index (χ4n) is 5.83. The number of rotatable bonds is 27. The van der Waals surface area contributed by atoms with E-state index < -0.39 is 0 Å². The number of nitrogens with one attached hydrogen (secondary N) is 2. The predicted molar refractivity (Wildman–Crippen MR) is 201 cm³/mol. The largest absolute Gasteiger partial charge is 1.00 e. The van der Waals surface area contributed by atoms with Gasteiger partial charge in [0, 0.05) is 24.2 Å². The average Bonchev–Trinajstić information content (AvgIpc) is 3.03. The van der Waals surface area contributed by atoms with Gasteiger partial charge in [0.15, 0.2) is 13.1 Å². The number of halogens is 2. The number of amides is 2. The molecule has 0 saturated carbocycles. The zero-order chi connectivity index (χ0) is 35.1. The van der Waals surface area contributed by atoms with E-state index in [4.69, 9.17) is 9.47 Å². The molecule has 0 bridgehead atoms. The normalized spacial score (nSPS) is 11.2. The lowest BCUT2D eigenvalue weighted by atomic mass is 10.1. The number of hydrogen-bond acceptors (Lipinski definition) is 4. The van der Waals surface area contributed by atoms with Gasteiger partial charge in [0.25, 0.3) is 11.8 Å². The molecule has 0 unspecified atom stereocenters. The fourth-order valence-corrected chi connectivity index (χ4v) is 5.83. The Morgan fingerprint density at radius 2 is 0.820 bits per heavy atom. The number of anilines is 2. The molecule has 0 heterocycles. The Morgan fingerprint density at radius 1 is 0.500 bits per heavy atom. The maximum absolute atomic E-state index is 12.8. The SMILES string of the molecule is CCCCCCCCOc1ccc(NC(=O)C[N+](C)(C)CCCC[N+](C)(C)CC(=O)Nc2ccc(OCCCCCCCC)cc2)cc1.[Br-].[Br-]. The van der Waals surface area contributed by atoms with Crippen LogP contribution in [0.2, 0.25) is 0 Å². The molecule has 0 atom stereocenters. The van der Waals surface area contributed by atoms with Crippen molar-refractivity contribution in [2.45, 2.75) is 104 Å². The quantitative estimate of drug-likeness (QED) is 0.108. The summed E-state index contributed by atoms with van der Waals surface area (Å²) in [5, 5.41) is 6.07. The third-order valence-electron chi connectivity index (χ3n) is 8.73. The lowest BCUT2D eigenvalue weighted by molar-refractivity contribution is -0.888. The Hall–Kier alpha value is -2.14. The molecule has 10 heteroatoms. The Bertz CT molecular complexity index is 1070. The van der Waals surface area contributed by atoms with Gasteiger partial charge in [-0.05, 0) is 61.4 Å². The fraction of sp³-hybridized carbons (Fsp3) is 0.650. The van der Waals surface area contributed by atoms with Crippen LogP contribution >= 0.6 is 0 Å². The Kier molecular flexibility index (Phi) is 26.3. The molecule has 0 aliphatic rings. The van der Waals surface area contributed by atoms with Crippen LogP contribution in [0.25, 0.3) is 0 Å². The highest BCUT2D eigenvalue weighted by atomic mass is 79.9. The van der Waals surface area contributed by atoms with E-state index >= 15 is 0 Å². The molecule has 2 amide bonds. The lowest BCUT2D eigenvalue weighted by Crippen LogP contribution is -3.00. The minimum Gasteiger partial charge on any atom is -1.00 e. The highest BCUT2D eigenvalue weighted by Gasteiger charge is 2.23. The van der Waals surface area contributed by atoms with Gasteiger partial charge in [-0.15, -0.1) is 0 Å². The second-order valence-corrected chi connectivity index (χ2v) is 14.7. The Labute approximate surface area is 325 Å². The third-order valence-corrected chi connectivity index (χ3v) is 8.73. The van der Waals surface area contributed by atoms with Crippen LogP contribution in [0.4, 0.5) is 11.4 Å². The predicted octanol–water partition coefficient (Wildman–Crippen LogP) is 2.68. The number of carbonyl (C=O) groups excluding carboxylic acids is 2. The van der Waals surface area contributed by atoms with Gasteiger partial charge in [-0.2, -0.15) is 0 Å². The van der Waals surface area contributed by atoms with Crippen LogP contribution in [-0.2, 0) is 9.59 Å². The molecule has 0 radical (unpaired) electrons. The zero-order valence-electron chi connectivity index (χ0n) is 32.0. The van der Waals surface area contributed by atoms with Crippen LogP contribution in [-0.4, -0.2) is 88.4 Å². The van der Waals surface area contributed by atoms with Crippen molar-refractivity contribution in [1.82, 2.24) is 0 Å². The molecule has 2 N–H and O–H groups in total. The molecule has 2 aromatic carbocycles. The van der Waals surface area contributed by atoms with Gasteiger partial charge >= 0.3 is 0 Å². The summed E-state index contributed by atoms with van der Waals surface area (Å²) in [5.41, 5.74) is 1.58. The van der Waals surface area contributed by atoms with Gasteiger partial charge in [0.1, 0.15) is 11.5 Å². The van der Waals surface area contributed by atoms with Gasteiger partial charge < -0.3 is 63.0 Å². The van der Waals surface area contributed by atoms with Crippen LogP contribution in [0, 0.1) is 0 Å². The summed E-state index contributed by atoms with van der Waals surface area (Å²) in [5.74, 6) is 1.70. The van der Waals surface area contributed by atoms with Crippen LogP contribution in [0.15, 0.2) is 48.5 Å². The van der Waals surface area contributed by atoms with Crippen molar-refractivity contribution in [3.8, 4) is 11.5 Å². The van der Waals surface area contributed by atoms with E-state index in [1.807, 2.05) is 48.5 Å². The summed E-state index contributed by atoms with van der Waals surface area (Å²) in [7, 11) is 8.38. The van der Waals surface area contributed by atoms with Gasteiger partial charge in [0.05, 0.1) is 54.5 Å². The maximum atomic E-state index is 12.8. The first kappa shape index (κ1) is 47.9. The third kappa shape index (κ3) is 23.4. The van der Waals surface area contributed by atoms with Crippen molar-refractivity contribution in [3.63, 3.8) is 0 Å². The first-order valence-corrected chi connectivity index (χ1v) is 18.7. The number of ether oxygens (including phenoxy) is 2. The van der Waals surface area contributed by atoms with E-state index in [0.717, 1.165) is 74.9 Å². The van der Waals surface area contributed by atoms with E-state index in [1.165, 1.54) is 64.2 Å². The molecule has 2 aromatic rings. The minimum absolute atomic E-state index is 0. The molecule has 0 aliphatic heterocycles. The molecule has 0 saturated heterocycles. The van der Waals surface area contributed by atoms with Gasteiger partial charge in [-0.25, -0.2) is 0 Å². The number of hydrogen-bond donors (Lipinski definition) is 2. The monoisotopic (exact) mass is 826 g/mol. The number of carbonyl (C=O) groups is 2. The Balaban J connectivity index is 0.0000120. The molecule has 2 rings (SSSR count). The van der Waals surface area contributed by atoms with Gasteiger partial charge in [-0.1, -0.05) is 78.1 Å². The molecular formula is C40H68Br2N4O4. The summed E-state index contributed by atoms with van der Waals surface area (Å²) in [6.07, 6.45) is 16.9. The highest BCUT2D eigenvalue weighted by Crippen LogP contribution is 2.18. The second kappa shape index (κ2) is 27.5. The van der Waals surface area contributed by atoms with Gasteiger partial charge in [0.2, 0.25) is 0 Å². The van der Waals surface area contributed by atoms with Crippen molar-refractivity contribution in [1.29, 1.82) is 0 Å². The van der Waals surface area contributed by atoms with E-state index in [9.17, 15) is 9.59 Å². The first-order chi connectivity index (χ1) is 23.0. The van der Waals surface area contributed by atoms with Crippen molar-refractivity contribution < 1.29 is 62.0 Å². The topological polar surface area (TPSA) is 76.7 Å². The molecule has 0 aromatic heterocycles. The molecule has 0 aliphatic carbocycles. The number of nitrogens with zero attached hydrogens (tertiary/aromatic N) is 2.